The first kappa shape index (κ1) is 16.4. The fourth-order valence-electron chi connectivity index (χ4n) is 3.10. The Morgan fingerprint density at radius 3 is 2.42 bits per heavy atom. The van der Waals surface area contributed by atoms with Crippen molar-refractivity contribution in [1.29, 1.82) is 0 Å². The maximum atomic E-state index is 13.0. The van der Waals surface area contributed by atoms with Crippen molar-refractivity contribution in [3.05, 3.63) is 59.5 Å². The average Bonchev–Trinajstić information content (AvgIpc) is 2.62. The number of pyridine rings is 1. The van der Waals surface area contributed by atoms with Gasteiger partial charge in [-0.3, -0.25) is 4.79 Å². The van der Waals surface area contributed by atoms with Crippen molar-refractivity contribution in [2.75, 3.05) is 18.0 Å². The molecule has 1 aliphatic heterocycles. The Hall–Kier alpha value is -2.47. The third-order valence-corrected chi connectivity index (χ3v) is 4.55. The van der Waals surface area contributed by atoms with Crippen LogP contribution in [0.1, 0.15) is 34.9 Å². The van der Waals surface area contributed by atoms with Gasteiger partial charge in [0.15, 0.2) is 0 Å². The van der Waals surface area contributed by atoms with Gasteiger partial charge in [0.05, 0.1) is 11.7 Å². The molecule has 0 saturated carbocycles. The molecule has 0 radical (unpaired) electrons. The molecule has 3 N–H and O–H groups in total. The van der Waals surface area contributed by atoms with Gasteiger partial charge in [-0.2, -0.15) is 0 Å². The average molecular weight is 329 g/mol. The van der Waals surface area contributed by atoms with E-state index in [0.29, 0.717) is 5.56 Å². The number of anilines is 1. The topological polar surface area (TPSA) is 79.5 Å². The molecule has 1 fully saturated rings. The van der Waals surface area contributed by atoms with Crippen molar-refractivity contribution in [3.63, 3.8) is 0 Å². The number of primary amides is 1. The van der Waals surface area contributed by atoms with Gasteiger partial charge in [-0.1, -0.05) is 12.1 Å². The second kappa shape index (κ2) is 6.97. The van der Waals surface area contributed by atoms with Crippen LogP contribution in [0.2, 0.25) is 0 Å². The van der Waals surface area contributed by atoms with Gasteiger partial charge in [0, 0.05) is 19.3 Å². The molecular formula is C18H20FN3O2. The highest BCUT2D eigenvalue weighted by Gasteiger charge is 2.26. The molecule has 126 valence electrons. The normalized spacial score (nSPS) is 16.8. The zero-order chi connectivity index (χ0) is 17.1. The van der Waals surface area contributed by atoms with E-state index in [1.165, 1.54) is 18.3 Å². The van der Waals surface area contributed by atoms with E-state index < -0.39 is 12.0 Å². The third-order valence-electron chi connectivity index (χ3n) is 4.55. The number of carbonyl (C=O) groups is 1. The Morgan fingerprint density at radius 1 is 1.21 bits per heavy atom. The van der Waals surface area contributed by atoms with Gasteiger partial charge in [-0.25, -0.2) is 9.37 Å². The smallest absolute Gasteiger partial charge is 0.250 e. The highest BCUT2D eigenvalue weighted by atomic mass is 19.1. The van der Waals surface area contributed by atoms with Gasteiger partial charge in [0.2, 0.25) is 5.91 Å². The first-order valence-electron chi connectivity index (χ1n) is 7.99. The lowest BCUT2D eigenvalue weighted by Crippen LogP contribution is -2.36. The second-order valence-corrected chi connectivity index (χ2v) is 6.09. The van der Waals surface area contributed by atoms with Crippen LogP contribution in [0.15, 0.2) is 42.6 Å². The number of halogens is 1. The summed E-state index contributed by atoms with van der Waals surface area (Å²) in [6.07, 6.45) is 2.53. The molecule has 24 heavy (non-hydrogen) atoms. The maximum absolute atomic E-state index is 13.0. The summed E-state index contributed by atoms with van der Waals surface area (Å²) in [5, 5.41) is 10.5. The van der Waals surface area contributed by atoms with Crippen molar-refractivity contribution < 1.29 is 14.3 Å². The van der Waals surface area contributed by atoms with Crippen molar-refractivity contribution in [3.8, 4) is 0 Å². The van der Waals surface area contributed by atoms with Gasteiger partial charge in [-0.15, -0.1) is 0 Å². The minimum absolute atomic E-state index is 0.136. The van der Waals surface area contributed by atoms with Crippen LogP contribution in [0.4, 0.5) is 10.2 Å². The number of aromatic nitrogens is 1. The van der Waals surface area contributed by atoms with Crippen LogP contribution in [0, 0.1) is 11.7 Å². The molecule has 1 aromatic carbocycles. The predicted octanol–water partition coefficient (Wildman–Crippen LogP) is 2.27. The molecule has 1 amide bonds. The van der Waals surface area contributed by atoms with E-state index in [1.807, 2.05) is 0 Å². The van der Waals surface area contributed by atoms with E-state index in [-0.39, 0.29) is 11.7 Å². The van der Waals surface area contributed by atoms with Crippen molar-refractivity contribution in [1.82, 2.24) is 4.98 Å². The highest BCUT2D eigenvalue weighted by Crippen LogP contribution is 2.32. The van der Waals surface area contributed by atoms with Crippen LogP contribution in [0.5, 0.6) is 0 Å². The number of amides is 1. The first-order chi connectivity index (χ1) is 11.5. The van der Waals surface area contributed by atoms with Gasteiger partial charge < -0.3 is 15.7 Å². The number of carbonyl (C=O) groups excluding carboxylic acids is 1. The Labute approximate surface area is 139 Å². The van der Waals surface area contributed by atoms with Crippen LogP contribution in [-0.4, -0.2) is 29.1 Å². The van der Waals surface area contributed by atoms with Crippen LogP contribution in [0.25, 0.3) is 0 Å². The number of hydrogen-bond donors (Lipinski definition) is 2. The van der Waals surface area contributed by atoms with E-state index in [4.69, 9.17) is 5.73 Å². The van der Waals surface area contributed by atoms with Crippen LogP contribution in [0.3, 0.4) is 0 Å². The van der Waals surface area contributed by atoms with Crippen molar-refractivity contribution >= 4 is 11.7 Å². The van der Waals surface area contributed by atoms with E-state index >= 15 is 0 Å². The van der Waals surface area contributed by atoms with Crippen LogP contribution >= 0.6 is 0 Å². The molecule has 0 aliphatic carbocycles. The van der Waals surface area contributed by atoms with Gasteiger partial charge in [0.25, 0.3) is 0 Å². The molecule has 2 aromatic rings. The zero-order valence-corrected chi connectivity index (χ0v) is 13.2. The lowest BCUT2D eigenvalue weighted by atomic mass is 9.87. The third kappa shape index (κ3) is 3.54. The number of nitrogens with two attached hydrogens (primary N) is 1. The fraction of sp³-hybridized carbons (Fsp3) is 0.333. The molecule has 1 aliphatic rings. The van der Waals surface area contributed by atoms with Crippen molar-refractivity contribution in [2.24, 2.45) is 11.7 Å². The Bertz CT molecular complexity index is 695. The maximum Gasteiger partial charge on any atom is 0.250 e. The molecule has 0 bridgehead atoms. The Morgan fingerprint density at radius 2 is 1.88 bits per heavy atom. The number of piperidine rings is 1. The standard InChI is InChI=1S/C18H20FN3O2/c19-15-4-1-12(2-5-15)17(23)13-7-9-22(10-8-13)16-6-3-14(11-21-16)18(20)24/h1-6,11,13,17,23H,7-10H2,(H2,20,24). The monoisotopic (exact) mass is 329 g/mol. The van der Waals surface area contributed by atoms with Gasteiger partial charge in [-0.05, 0) is 48.6 Å². The van der Waals surface area contributed by atoms with Gasteiger partial charge in [0.1, 0.15) is 11.6 Å². The molecule has 1 aromatic heterocycles. The molecule has 5 nitrogen and oxygen atoms in total. The molecule has 2 heterocycles. The second-order valence-electron chi connectivity index (χ2n) is 6.09. The number of aliphatic hydroxyl groups excluding tert-OH is 1. The molecule has 3 rings (SSSR count). The number of hydrogen-bond acceptors (Lipinski definition) is 4. The molecule has 0 spiro atoms. The molecule has 1 saturated heterocycles. The summed E-state index contributed by atoms with van der Waals surface area (Å²) >= 11 is 0. The summed E-state index contributed by atoms with van der Waals surface area (Å²) in [6, 6.07) is 9.48. The number of nitrogens with zero attached hydrogens (tertiary/aromatic N) is 2. The Kier molecular flexibility index (Phi) is 4.76. The summed E-state index contributed by atoms with van der Waals surface area (Å²) in [6.45, 7) is 1.54. The lowest BCUT2D eigenvalue weighted by molar-refractivity contribution is 0.0928. The largest absolute Gasteiger partial charge is 0.388 e. The molecular weight excluding hydrogens is 309 g/mol. The van der Waals surface area contributed by atoms with Crippen LogP contribution in [-0.2, 0) is 0 Å². The number of aliphatic hydroxyl groups is 1. The summed E-state index contributed by atoms with van der Waals surface area (Å²) in [5.41, 5.74) is 6.35. The first-order valence-corrected chi connectivity index (χ1v) is 7.99. The highest BCUT2D eigenvalue weighted by molar-refractivity contribution is 5.92. The van der Waals surface area contributed by atoms with E-state index in [0.717, 1.165) is 37.3 Å². The summed E-state index contributed by atoms with van der Waals surface area (Å²) in [4.78, 5) is 17.5. The minimum atomic E-state index is -0.585. The molecule has 1 atom stereocenters. The summed E-state index contributed by atoms with van der Waals surface area (Å²) in [5.74, 6) is 0.146. The van der Waals surface area contributed by atoms with E-state index in [9.17, 15) is 14.3 Å². The zero-order valence-electron chi connectivity index (χ0n) is 13.2. The Balaban J connectivity index is 1.60. The SMILES string of the molecule is NC(=O)c1ccc(N2CCC(C(O)c3ccc(F)cc3)CC2)nc1. The minimum Gasteiger partial charge on any atom is -0.388 e. The quantitative estimate of drug-likeness (QED) is 0.902. The lowest BCUT2D eigenvalue weighted by Gasteiger charge is -2.35. The van der Waals surface area contributed by atoms with Crippen LogP contribution < -0.4 is 10.6 Å². The molecule has 6 heteroatoms. The fourth-order valence-corrected chi connectivity index (χ4v) is 3.10. The van der Waals surface area contributed by atoms with Gasteiger partial charge >= 0.3 is 0 Å². The van der Waals surface area contributed by atoms with E-state index in [2.05, 4.69) is 9.88 Å². The summed E-state index contributed by atoms with van der Waals surface area (Å²) in [7, 11) is 0. The number of rotatable bonds is 4. The number of benzene rings is 1. The predicted molar refractivity (Wildman–Crippen MR) is 89.1 cm³/mol. The molecule has 1 unspecified atom stereocenters. The van der Waals surface area contributed by atoms with E-state index in [1.54, 1.807) is 24.3 Å². The van der Waals surface area contributed by atoms with Crippen molar-refractivity contribution in [2.45, 2.75) is 18.9 Å². The summed E-state index contributed by atoms with van der Waals surface area (Å²) < 4.78 is 13.0.